The number of rotatable bonds is 5. The second-order valence-corrected chi connectivity index (χ2v) is 4.06. The molecule has 0 aliphatic carbocycles. The number of carbonyl (C=O) groups excluding carboxylic acids is 1. The molecular formula is C13H19NO. The van der Waals surface area contributed by atoms with E-state index < -0.39 is 0 Å². The first-order valence-corrected chi connectivity index (χ1v) is 5.36. The number of benzene rings is 1. The highest BCUT2D eigenvalue weighted by atomic mass is 16.1. The van der Waals surface area contributed by atoms with Crippen LogP contribution in [0.15, 0.2) is 18.2 Å². The standard InChI is InChI=1S/C13H19NO/c1-10-4-5-11(2)13(8-10)9-14-7-6-12(3)15/h4-5,8,14H,6-7,9H2,1-3H3. The Morgan fingerprint density at radius 2 is 2.07 bits per heavy atom. The molecule has 1 aromatic carbocycles. The monoisotopic (exact) mass is 205 g/mol. The topological polar surface area (TPSA) is 29.1 Å². The summed E-state index contributed by atoms with van der Waals surface area (Å²) in [5.74, 6) is 0.239. The minimum absolute atomic E-state index is 0.239. The third kappa shape index (κ3) is 4.26. The molecule has 0 fully saturated rings. The Morgan fingerprint density at radius 3 is 2.73 bits per heavy atom. The molecular weight excluding hydrogens is 186 g/mol. The molecule has 82 valence electrons. The fraction of sp³-hybridized carbons (Fsp3) is 0.462. The zero-order valence-electron chi connectivity index (χ0n) is 9.76. The van der Waals surface area contributed by atoms with Crippen LogP contribution in [0.1, 0.15) is 30.0 Å². The van der Waals surface area contributed by atoms with Gasteiger partial charge < -0.3 is 5.32 Å². The Hall–Kier alpha value is -1.15. The van der Waals surface area contributed by atoms with Crippen molar-refractivity contribution in [1.29, 1.82) is 0 Å². The molecule has 2 nitrogen and oxygen atoms in total. The van der Waals surface area contributed by atoms with E-state index in [9.17, 15) is 4.79 Å². The summed E-state index contributed by atoms with van der Waals surface area (Å²) in [7, 11) is 0. The van der Waals surface area contributed by atoms with Crippen molar-refractivity contribution in [2.45, 2.75) is 33.7 Å². The van der Waals surface area contributed by atoms with Crippen molar-refractivity contribution < 1.29 is 4.79 Å². The molecule has 0 radical (unpaired) electrons. The lowest BCUT2D eigenvalue weighted by Crippen LogP contribution is -2.17. The third-order valence-corrected chi connectivity index (χ3v) is 2.47. The van der Waals surface area contributed by atoms with Gasteiger partial charge in [-0.1, -0.05) is 23.8 Å². The maximum atomic E-state index is 10.7. The predicted molar refractivity (Wildman–Crippen MR) is 62.9 cm³/mol. The van der Waals surface area contributed by atoms with Crippen molar-refractivity contribution in [3.05, 3.63) is 34.9 Å². The SMILES string of the molecule is CC(=O)CCNCc1cc(C)ccc1C. The molecule has 0 atom stereocenters. The van der Waals surface area contributed by atoms with E-state index in [0.717, 1.165) is 13.1 Å². The molecule has 0 aliphatic rings. The van der Waals surface area contributed by atoms with Crippen LogP contribution in [0.2, 0.25) is 0 Å². The normalized spacial score (nSPS) is 10.3. The average Bonchev–Trinajstić information content (AvgIpc) is 2.17. The highest BCUT2D eigenvalue weighted by molar-refractivity contribution is 5.75. The number of carbonyl (C=O) groups is 1. The van der Waals surface area contributed by atoms with Gasteiger partial charge in [0.05, 0.1) is 0 Å². The summed E-state index contributed by atoms with van der Waals surface area (Å²) < 4.78 is 0. The quantitative estimate of drug-likeness (QED) is 0.748. The number of hydrogen-bond acceptors (Lipinski definition) is 2. The van der Waals surface area contributed by atoms with Crippen LogP contribution in [0.5, 0.6) is 0 Å². The average molecular weight is 205 g/mol. The highest BCUT2D eigenvalue weighted by Gasteiger charge is 1.98. The summed E-state index contributed by atoms with van der Waals surface area (Å²) in [6.07, 6.45) is 0.616. The van der Waals surface area contributed by atoms with E-state index in [1.54, 1.807) is 6.92 Å². The summed E-state index contributed by atoms with van der Waals surface area (Å²) in [6, 6.07) is 6.45. The van der Waals surface area contributed by atoms with E-state index in [-0.39, 0.29) is 5.78 Å². The molecule has 0 amide bonds. The molecule has 0 aliphatic heterocycles. The summed E-state index contributed by atoms with van der Waals surface area (Å²) in [6.45, 7) is 7.45. The lowest BCUT2D eigenvalue weighted by molar-refractivity contribution is -0.116. The predicted octanol–water partition coefficient (Wildman–Crippen LogP) is 2.37. The first kappa shape index (κ1) is 11.9. The van der Waals surface area contributed by atoms with Gasteiger partial charge in [-0.25, -0.2) is 0 Å². The number of Topliss-reactive ketones (excluding diaryl/α,β-unsaturated/α-hetero) is 1. The molecule has 0 saturated heterocycles. The highest BCUT2D eigenvalue weighted by Crippen LogP contribution is 2.09. The summed E-state index contributed by atoms with van der Waals surface area (Å²) >= 11 is 0. The van der Waals surface area contributed by atoms with Crippen molar-refractivity contribution in [1.82, 2.24) is 5.32 Å². The van der Waals surface area contributed by atoms with Crippen LogP contribution in [0.3, 0.4) is 0 Å². The smallest absolute Gasteiger partial charge is 0.131 e. The Bertz CT molecular complexity index is 344. The zero-order chi connectivity index (χ0) is 11.3. The van der Waals surface area contributed by atoms with E-state index in [4.69, 9.17) is 0 Å². The van der Waals surface area contributed by atoms with E-state index in [1.165, 1.54) is 16.7 Å². The molecule has 1 aromatic rings. The minimum atomic E-state index is 0.239. The summed E-state index contributed by atoms with van der Waals surface area (Å²) in [5.41, 5.74) is 3.90. The molecule has 0 aromatic heterocycles. The van der Waals surface area contributed by atoms with E-state index in [0.29, 0.717) is 6.42 Å². The molecule has 0 bridgehead atoms. The number of ketones is 1. The van der Waals surface area contributed by atoms with Gasteiger partial charge in [0.25, 0.3) is 0 Å². The second kappa shape index (κ2) is 5.66. The Kier molecular flexibility index (Phi) is 4.50. The maximum Gasteiger partial charge on any atom is 0.131 e. The van der Waals surface area contributed by atoms with Gasteiger partial charge >= 0.3 is 0 Å². The van der Waals surface area contributed by atoms with Gasteiger partial charge in [0.2, 0.25) is 0 Å². The van der Waals surface area contributed by atoms with Crippen LogP contribution in [-0.2, 0) is 11.3 Å². The number of aryl methyl sites for hydroxylation is 2. The molecule has 0 heterocycles. The maximum absolute atomic E-state index is 10.7. The summed E-state index contributed by atoms with van der Waals surface area (Å²) in [5, 5.41) is 3.28. The second-order valence-electron chi connectivity index (χ2n) is 4.06. The van der Waals surface area contributed by atoms with Crippen LogP contribution < -0.4 is 5.32 Å². The molecule has 0 unspecified atom stereocenters. The van der Waals surface area contributed by atoms with Gasteiger partial charge in [-0.05, 0) is 31.9 Å². The summed E-state index contributed by atoms with van der Waals surface area (Å²) in [4.78, 5) is 10.7. The van der Waals surface area contributed by atoms with Gasteiger partial charge in [0, 0.05) is 19.5 Å². The van der Waals surface area contributed by atoms with Gasteiger partial charge in [0.1, 0.15) is 5.78 Å². The fourth-order valence-electron chi connectivity index (χ4n) is 1.48. The Labute approximate surface area is 91.7 Å². The van der Waals surface area contributed by atoms with E-state index in [1.807, 2.05) is 0 Å². The van der Waals surface area contributed by atoms with Crippen LogP contribution >= 0.6 is 0 Å². The molecule has 2 heteroatoms. The van der Waals surface area contributed by atoms with E-state index >= 15 is 0 Å². The number of hydrogen-bond donors (Lipinski definition) is 1. The van der Waals surface area contributed by atoms with Crippen LogP contribution in [0.25, 0.3) is 0 Å². The molecule has 0 saturated carbocycles. The minimum Gasteiger partial charge on any atom is -0.312 e. The first-order chi connectivity index (χ1) is 7.09. The lowest BCUT2D eigenvalue weighted by atomic mass is 10.1. The van der Waals surface area contributed by atoms with Gasteiger partial charge in [-0.15, -0.1) is 0 Å². The zero-order valence-corrected chi connectivity index (χ0v) is 9.76. The first-order valence-electron chi connectivity index (χ1n) is 5.36. The van der Waals surface area contributed by atoms with Crippen molar-refractivity contribution in [2.24, 2.45) is 0 Å². The van der Waals surface area contributed by atoms with Crippen molar-refractivity contribution in [3.8, 4) is 0 Å². The Morgan fingerprint density at radius 1 is 1.33 bits per heavy atom. The van der Waals surface area contributed by atoms with Crippen LogP contribution in [-0.4, -0.2) is 12.3 Å². The molecule has 1 rings (SSSR count). The molecule has 0 spiro atoms. The van der Waals surface area contributed by atoms with Gasteiger partial charge in [0.15, 0.2) is 0 Å². The van der Waals surface area contributed by atoms with Gasteiger partial charge in [-0.2, -0.15) is 0 Å². The Balaban J connectivity index is 2.43. The van der Waals surface area contributed by atoms with Crippen LogP contribution in [0, 0.1) is 13.8 Å². The van der Waals surface area contributed by atoms with Crippen LogP contribution in [0.4, 0.5) is 0 Å². The lowest BCUT2D eigenvalue weighted by Gasteiger charge is -2.08. The fourth-order valence-corrected chi connectivity index (χ4v) is 1.48. The molecule has 1 N–H and O–H groups in total. The van der Waals surface area contributed by atoms with E-state index in [2.05, 4.69) is 37.4 Å². The van der Waals surface area contributed by atoms with Gasteiger partial charge in [-0.3, -0.25) is 4.79 Å². The molecule has 15 heavy (non-hydrogen) atoms. The van der Waals surface area contributed by atoms with Crippen molar-refractivity contribution in [2.75, 3.05) is 6.54 Å². The number of nitrogens with one attached hydrogen (secondary N) is 1. The van der Waals surface area contributed by atoms with Crippen molar-refractivity contribution >= 4 is 5.78 Å². The third-order valence-electron chi connectivity index (χ3n) is 2.47. The van der Waals surface area contributed by atoms with Crippen molar-refractivity contribution in [3.63, 3.8) is 0 Å². The largest absolute Gasteiger partial charge is 0.312 e.